The summed E-state index contributed by atoms with van der Waals surface area (Å²) in [4.78, 5) is 11.5. The van der Waals surface area contributed by atoms with E-state index >= 15 is 0 Å². The third-order valence-electron chi connectivity index (χ3n) is 4.68. The Kier molecular flexibility index (Phi) is 7.06. The summed E-state index contributed by atoms with van der Waals surface area (Å²) in [5.41, 5.74) is 0.826. The molecular weight excluding hydrogens is 364 g/mol. The molecule has 0 amide bonds. The second-order valence-electron chi connectivity index (χ2n) is 6.52. The topological polar surface area (TPSA) is 78.6 Å². The summed E-state index contributed by atoms with van der Waals surface area (Å²) in [6.45, 7) is 8.55. The molecule has 0 aliphatic carbocycles. The lowest BCUT2D eigenvalue weighted by Crippen LogP contribution is -2.44. The van der Waals surface area contributed by atoms with Gasteiger partial charge in [-0.05, 0) is 45.0 Å². The molecule has 1 aromatic carbocycles. The maximum atomic E-state index is 6.02. The van der Waals surface area contributed by atoms with Gasteiger partial charge in [-0.25, -0.2) is 4.99 Å². The Labute approximate surface area is 165 Å². The van der Waals surface area contributed by atoms with Gasteiger partial charge in [0, 0.05) is 29.7 Å². The molecule has 7 nitrogen and oxygen atoms in total. The van der Waals surface area contributed by atoms with E-state index in [4.69, 9.17) is 16.1 Å². The zero-order valence-corrected chi connectivity index (χ0v) is 16.7. The quantitative estimate of drug-likeness (QED) is 0.559. The van der Waals surface area contributed by atoms with Crippen molar-refractivity contribution in [1.29, 1.82) is 0 Å². The predicted octanol–water partition coefficient (Wildman–Crippen LogP) is 2.93. The highest BCUT2D eigenvalue weighted by Gasteiger charge is 2.22. The molecule has 0 saturated carbocycles. The summed E-state index contributed by atoms with van der Waals surface area (Å²) in [6, 6.07) is 7.95. The summed E-state index contributed by atoms with van der Waals surface area (Å²) in [5.74, 6) is 1.76. The third-order valence-corrected chi connectivity index (χ3v) is 4.91. The van der Waals surface area contributed by atoms with Crippen LogP contribution >= 0.6 is 11.6 Å². The van der Waals surface area contributed by atoms with E-state index in [1.54, 1.807) is 0 Å². The van der Waals surface area contributed by atoms with Crippen LogP contribution in [0.1, 0.15) is 32.6 Å². The van der Waals surface area contributed by atoms with Gasteiger partial charge in [0.2, 0.25) is 11.7 Å². The van der Waals surface area contributed by atoms with Gasteiger partial charge >= 0.3 is 0 Å². The van der Waals surface area contributed by atoms with E-state index in [2.05, 4.69) is 44.5 Å². The van der Waals surface area contributed by atoms with Crippen molar-refractivity contribution in [3.63, 3.8) is 0 Å². The van der Waals surface area contributed by atoms with Crippen LogP contribution in [0.15, 0.2) is 33.8 Å². The molecule has 0 bridgehead atoms. The minimum Gasteiger partial charge on any atom is -0.357 e. The van der Waals surface area contributed by atoms with E-state index in [1.165, 1.54) is 19.4 Å². The van der Waals surface area contributed by atoms with Crippen molar-refractivity contribution in [3.05, 3.63) is 35.2 Å². The number of likely N-dealkylation sites (N-methyl/N-ethyl adjacent to an activating group) is 1. The molecule has 1 fully saturated rings. The fraction of sp³-hybridized carbons (Fsp3) is 0.526. The molecule has 146 valence electrons. The van der Waals surface area contributed by atoms with Crippen LogP contribution < -0.4 is 10.6 Å². The van der Waals surface area contributed by atoms with Crippen LogP contribution in [-0.4, -0.2) is 53.2 Å². The molecule has 1 aliphatic heterocycles. The van der Waals surface area contributed by atoms with Gasteiger partial charge in [0.25, 0.3) is 0 Å². The molecule has 1 unspecified atom stereocenters. The van der Waals surface area contributed by atoms with Gasteiger partial charge in [0.1, 0.15) is 6.54 Å². The lowest BCUT2D eigenvalue weighted by molar-refractivity contribution is 0.267. The molecule has 2 aromatic rings. The number of nitrogens with zero attached hydrogens (tertiary/aromatic N) is 4. The molecule has 1 aliphatic rings. The zero-order valence-electron chi connectivity index (χ0n) is 15.9. The number of benzene rings is 1. The number of guanidine groups is 1. The standard InChI is InChI=1S/C19H27ClN6O/c1-3-21-19(22-12-16-9-6-10-26(16)4-2)23-13-17-24-18(25-27-17)14-7-5-8-15(20)11-14/h5,7-8,11,16H,3-4,6,9-10,12-13H2,1-2H3,(H2,21,22,23). The van der Waals surface area contributed by atoms with Crippen LogP contribution in [0.2, 0.25) is 5.02 Å². The Balaban J connectivity index is 1.60. The van der Waals surface area contributed by atoms with Gasteiger partial charge in [-0.15, -0.1) is 0 Å². The first-order valence-electron chi connectivity index (χ1n) is 9.54. The first-order valence-corrected chi connectivity index (χ1v) is 9.92. The number of rotatable bonds is 7. The maximum absolute atomic E-state index is 6.02. The van der Waals surface area contributed by atoms with Crippen molar-refractivity contribution in [3.8, 4) is 11.4 Å². The fourth-order valence-corrected chi connectivity index (χ4v) is 3.50. The summed E-state index contributed by atoms with van der Waals surface area (Å²) >= 11 is 6.02. The highest BCUT2D eigenvalue weighted by atomic mass is 35.5. The van der Waals surface area contributed by atoms with Crippen LogP contribution in [0.4, 0.5) is 0 Å². The van der Waals surface area contributed by atoms with Gasteiger partial charge in [0.15, 0.2) is 5.96 Å². The number of aliphatic imine (C=N–C) groups is 1. The van der Waals surface area contributed by atoms with Gasteiger partial charge < -0.3 is 15.2 Å². The van der Waals surface area contributed by atoms with Crippen LogP contribution in [-0.2, 0) is 6.54 Å². The lowest BCUT2D eigenvalue weighted by Gasteiger charge is -2.23. The average molecular weight is 391 g/mol. The van der Waals surface area contributed by atoms with Crippen LogP contribution in [0.25, 0.3) is 11.4 Å². The molecule has 2 N–H and O–H groups in total. The van der Waals surface area contributed by atoms with Crippen LogP contribution in [0.3, 0.4) is 0 Å². The molecule has 0 radical (unpaired) electrons. The SMILES string of the molecule is CCNC(=NCc1nc(-c2cccc(Cl)c2)no1)NCC1CCCN1CC. The summed E-state index contributed by atoms with van der Waals surface area (Å²) < 4.78 is 5.32. The lowest BCUT2D eigenvalue weighted by atomic mass is 10.2. The molecule has 1 atom stereocenters. The highest BCUT2D eigenvalue weighted by Crippen LogP contribution is 2.20. The molecule has 2 heterocycles. The summed E-state index contributed by atoms with van der Waals surface area (Å²) in [6.07, 6.45) is 2.50. The summed E-state index contributed by atoms with van der Waals surface area (Å²) in [5, 5.41) is 11.4. The van der Waals surface area contributed by atoms with E-state index < -0.39 is 0 Å². The molecular formula is C19H27ClN6O. The van der Waals surface area contributed by atoms with Crippen molar-refractivity contribution in [2.75, 3.05) is 26.2 Å². The van der Waals surface area contributed by atoms with E-state index in [0.717, 1.165) is 31.2 Å². The normalized spacial score (nSPS) is 18.0. The van der Waals surface area contributed by atoms with Crippen molar-refractivity contribution >= 4 is 17.6 Å². The fourth-order valence-electron chi connectivity index (χ4n) is 3.31. The smallest absolute Gasteiger partial charge is 0.248 e. The molecule has 3 rings (SSSR count). The van der Waals surface area contributed by atoms with Gasteiger partial charge in [-0.1, -0.05) is 35.8 Å². The Morgan fingerprint density at radius 1 is 1.37 bits per heavy atom. The minimum atomic E-state index is 0.324. The minimum absolute atomic E-state index is 0.324. The number of halogens is 1. The van der Waals surface area contributed by atoms with E-state index in [-0.39, 0.29) is 0 Å². The van der Waals surface area contributed by atoms with E-state index in [9.17, 15) is 0 Å². The van der Waals surface area contributed by atoms with Crippen molar-refractivity contribution in [1.82, 2.24) is 25.7 Å². The first-order chi connectivity index (χ1) is 13.2. The third kappa shape index (κ3) is 5.43. The maximum Gasteiger partial charge on any atom is 0.248 e. The van der Waals surface area contributed by atoms with Crippen molar-refractivity contribution < 1.29 is 4.52 Å². The van der Waals surface area contributed by atoms with Crippen molar-refractivity contribution in [2.45, 2.75) is 39.3 Å². The number of hydrogen-bond donors (Lipinski definition) is 2. The second-order valence-corrected chi connectivity index (χ2v) is 6.96. The Morgan fingerprint density at radius 2 is 2.26 bits per heavy atom. The Hall–Kier alpha value is -2.12. The zero-order chi connectivity index (χ0) is 19.1. The molecule has 1 aromatic heterocycles. The van der Waals surface area contributed by atoms with E-state index in [1.807, 2.05) is 24.3 Å². The Bertz CT molecular complexity index is 762. The largest absolute Gasteiger partial charge is 0.357 e. The number of likely N-dealkylation sites (tertiary alicyclic amines) is 1. The molecule has 27 heavy (non-hydrogen) atoms. The number of aromatic nitrogens is 2. The van der Waals surface area contributed by atoms with Crippen molar-refractivity contribution in [2.24, 2.45) is 4.99 Å². The van der Waals surface area contributed by atoms with E-state index in [0.29, 0.717) is 29.3 Å². The number of nitrogens with one attached hydrogen (secondary N) is 2. The molecule has 0 spiro atoms. The second kappa shape index (κ2) is 9.71. The van der Waals surface area contributed by atoms with Gasteiger partial charge in [0.05, 0.1) is 0 Å². The predicted molar refractivity (Wildman–Crippen MR) is 108 cm³/mol. The Morgan fingerprint density at radius 3 is 3.04 bits per heavy atom. The van der Waals surface area contributed by atoms with Crippen LogP contribution in [0, 0.1) is 0 Å². The monoisotopic (exact) mass is 390 g/mol. The summed E-state index contributed by atoms with van der Waals surface area (Å²) in [7, 11) is 0. The molecule has 8 heteroatoms. The first kappa shape index (κ1) is 19.6. The highest BCUT2D eigenvalue weighted by molar-refractivity contribution is 6.30. The van der Waals surface area contributed by atoms with Gasteiger partial charge in [-0.3, -0.25) is 4.90 Å². The molecule has 1 saturated heterocycles. The average Bonchev–Trinajstić information content (AvgIpc) is 3.33. The van der Waals surface area contributed by atoms with Crippen LogP contribution in [0.5, 0.6) is 0 Å². The van der Waals surface area contributed by atoms with Gasteiger partial charge in [-0.2, -0.15) is 4.98 Å². The number of hydrogen-bond acceptors (Lipinski definition) is 5.